The van der Waals surface area contributed by atoms with Crippen LogP contribution in [-0.4, -0.2) is 20.1 Å². The number of aromatic nitrogens is 3. The first-order chi connectivity index (χ1) is 9.58. The van der Waals surface area contributed by atoms with E-state index in [0.29, 0.717) is 5.69 Å². The standard InChI is InChI=1S/C16H15N3O/c1-4-12-5-6-13-14(9-12)18-19(17-13)15-8-10(2)7-11(3)16(15)20/h4-9,20H,1H2,2-3H3. The van der Waals surface area contributed by atoms with Crippen molar-refractivity contribution in [2.75, 3.05) is 0 Å². The molecule has 0 saturated heterocycles. The molecule has 1 N–H and O–H groups in total. The molecule has 100 valence electrons. The van der Waals surface area contributed by atoms with Gasteiger partial charge in [0, 0.05) is 0 Å². The van der Waals surface area contributed by atoms with E-state index in [1.165, 1.54) is 4.80 Å². The average molecular weight is 265 g/mol. The molecule has 0 aliphatic carbocycles. The van der Waals surface area contributed by atoms with Gasteiger partial charge in [-0.15, -0.1) is 15.0 Å². The lowest BCUT2D eigenvalue weighted by molar-refractivity contribution is 0.463. The monoisotopic (exact) mass is 265 g/mol. The van der Waals surface area contributed by atoms with Gasteiger partial charge < -0.3 is 5.11 Å². The summed E-state index contributed by atoms with van der Waals surface area (Å²) in [5.41, 5.74) is 5.03. The molecule has 20 heavy (non-hydrogen) atoms. The van der Waals surface area contributed by atoms with E-state index in [9.17, 15) is 5.11 Å². The lowest BCUT2D eigenvalue weighted by Crippen LogP contribution is -2.00. The number of aromatic hydroxyl groups is 1. The van der Waals surface area contributed by atoms with Crippen LogP contribution in [0.1, 0.15) is 16.7 Å². The maximum atomic E-state index is 10.2. The minimum Gasteiger partial charge on any atom is -0.505 e. The summed E-state index contributed by atoms with van der Waals surface area (Å²) in [5.74, 6) is 0.208. The smallest absolute Gasteiger partial charge is 0.146 e. The zero-order valence-electron chi connectivity index (χ0n) is 11.5. The van der Waals surface area contributed by atoms with E-state index in [1.807, 2.05) is 44.2 Å². The lowest BCUT2D eigenvalue weighted by atomic mass is 10.1. The van der Waals surface area contributed by atoms with Crippen LogP contribution in [-0.2, 0) is 0 Å². The summed E-state index contributed by atoms with van der Waals surface area (Å²) in [6.45, 7) is 7.59. The predicted octanol–water partition coefficient (Wildman–Crippen LogP) is 3.39. The quantitative estimate of drug-likeness (QED) is 0.772. The van der Waals surface area contributed by atoms with E-state index in [4.69, 9.17) is 0 Å². The van der Waals surface area contributed by atoms with Crippen LogP contribution in [0.25, 0.3) is 22.8 Å². The Balaban J connectivity index is 2.22. The number of nitrogens with zero attached hydrogens (tertiary/aromatic N) is 3. The fourth-order valence-corrected chi connectivity index (χ4v) is 2.26. The maximum absolute atomic E-state index is 10.2. The van der Waals surface area contributed by atoms with Gasteiger partial charge in [0.15, 0.2) is 0 Å². The number of benzene rings is 2. The minimum absolute atomic E-state index is 0.208. The van der Waals surface area contributed by atoms with Gasteiger partial charge in [-0.3, -0.25) is 0 Å². The highest BCUT2D eigenvalue weighted by molar-refractivity contribution is 5.77. The molecule has 4 heteroatoms. The van der Waals surface area contributed by atoms with Gasteiger partial charge in [-0.2, -0.15) is 0 Å². The molecule has 0 aliphatic rings. The van der Waals surface area contributed by atoms with Crippen LogP contribution in [0.4, 0.5) is 0 Å². The van der Waals surface area contributed by atoms with Crippen molar-refractivity contribution in [3.05, 3.63) is 53.6 Å². The summed E-state index contributed by atoms with van der Waals surface area (Å²) in [6, 6.07) is 9.56. The Bertz CT molecular complexity index is 818. The highest BCUT2D eigenvalue weighted by atomic mass is 16.3. The van der Waals surface area contributed by atoms with Crippen molar-refractivity contribution in [1.29, 1.82) is 0 Å². The molecule has 0 unspecified atom stereocenters. The van der Waals surface area contributed by atoms with Gasteiger partial charge in [0.2, 0.25) is 0 Å². The van der Waals surface area contributed by atoms with E-state index < -0.39 is 0 Å². The molecule has 0 amide bonds. The van der Waals surface area contributed by atoms with Gasteiger partial charge in [-0.25, -0.2) is 0 Å². The van der Waals surface area contributed by atoms with Crippen LogP contribution in [0, 0.1) is 13.8 Å². The van der Waals surface area contributed by atoms with E-state index in [-0.39, 0.29) is 5.75 Å². The first kappa shape index (κ1) is 12.4. The molecule has 0 spiro atoms. The number of rotatable bonds is 2. The van der Waals surface area contributed by atoms with E-state index in [2.05, 4.69) is 16.8 Å². The molecule has 1 aromatic heterocycles. The van der Waals surface area contributed by atoms with Crippen LogP contribution < -0.4 is 0 Å². The summed E-state index contributed by atoms with van der Waals surface area (Å²) in [4.78, 5) is 1.48. The van der Waals surface area contributed by atoms with E-state index in [0.717, 1.165) is 27.7 Å². The Labute approximate surface area is 117 Å². The molecule has 0 aliphatic heterocycles. The molecular formula is C16H15N3O. The number of phenolic OH excluding ortho intramolecular Hbond substituents is 1. The Hall–Kier alpha value is -2.62. The van der Waals surface area contributed by atoms with Crippen molar-refractivity contribution < 1.29 is 5.11 Å². The van der Waals surface area contributed by atoms with Crippen molar-refractivity contribution >= 4 is 17.1 Å². The van der Waals surface area contributed by atoms with Gasteiger partial charge in [-0.05, 0) is 48.7 Å². The Morgan fingerprint density at radius 2 is 1.85 bits per heavy atom. The third-order valence-corrected chi connectivity index (χ3v) is 3.28. The largest absolute Gasteiger partial charge is 0.505 e. The minimum atomic E-state index is 0.208. The third-order valence-electron chi connectivity index (χ3n) is 3.28. The number of fused-ring (bicyclic) bond motifs is 1. The predicted molar refractivity (Wildman–Crippen MR) is 80.1 cm³/mol. The topological polar surface area (TPSA) is 50.9 Å². The van der Waals surface area contributed by atoms with Crippen molar-refractivity contribution in [2.45, 2.75) is 13.8 Å². The highest BCUT2D eigenvalue weighted by Gasteiger charge is 2.11. The second kappa shape index (κ2) is 4.49. The molecule has 0 atom stereocenters. The van der Waals surface area contributed by atoms with Gasteiger partial charge in [-0.1, -0.05) is 24.8 Å². The summed E-state index contributed by atoms with van der Waals surface area (Å²) in [6.07, 6.45) is 1.77. The first-order valence-corrected chi connectivity index (χ1v) is 6.38. The third kappa shape index (κ3) is 1.95. The molecule has 3 aromatic rings. The number of aryl methyl sites for hydroxylation is 2. The zero-order chi connectivity index (χ0) is 14.3. The fraction of sp³-hybridized carbons (Fsp3) is 0.125. The number of hydrogen-bond donors (Lipinski definition) is 1. The number of phenols is 1. The summed E-state index contributed by atoms with van der Waals surface area (Å²) in [7, 11) is 0. The molecule has 0 radical (unpaired) electrons. The second-order valence-electron chi connectivity index (χ2n) is 4.89. The van der Waals surface area contributed by atoms with Crippen LogP contribution in [0.15, 0.2) is 36.9 Å². The Kier molecular flexibility index (Phi) is 2.79. The highest BCUT2D eigenvalue weighted by Crippen LogP contribution is 2.27. The summed E-state index contributed by atoms with van der Waals surface area (Å²) in [5, 5.41) is 19.0. The van der Waals surface area contributed by atoms with Crippen molar-refractivity contribution in [3.63, 3.8) is 0 Å². The summed E-state index contributed by atoms with van der Waals surface area (Å²) < 4.78 is 0. The summed E-state index contributed by atoms with van der Waals surface area (Å²) >= 11 is 0. The average Bonchev–Trinajstić information content (AvgIpc) is 2.85. The second-order valence-corrected chi connectivity index (χ2v) is 4.89. The molecule has 2 aromatic carbocycles. The molecule has 1 heterocycles. The van der Waals surface area contributed by atoms with Crippen molar-refractivity contribution in [1.82, 2.24) is 15.0 Å². The molecular weight excluding hydrogens is 250 g/mol. The van der Waals surface area contributed by atoms with Crippen LogP contribution in [0.3, 0.4) is 0 Å². The molecule has 4 nitrogen and oxygen atoms in total. The van der Waals surface area contributed by atoms with Crippen molar-refractivity contribution in [3.8, 4) is 11.4 Å². The van der Waals surface area contributed by atoms with Crippen molar-refractivity contribution in [2.24, 2.45) is 0 Å². The van der Waals surface area contributed by atoms with Gasteiger partial charge in [0.05, 0.1) is 0 Å². The van der Waals surface area contributed by atoms with Crippen LogP contribution >= 0.6 is 0 Å². The van der Waals surface area contributed by atoms with Gasteiger partial charge in [0.1, 0.15) is 22.5 Å². The maximum Gasteiger partial charge on any atom is 0.146 e. The molecule has 0 fully saturated rings. The molecule has 0 saturated carbocycles. The zero-order valence-corrected chi connectivity index (χ0v) is 11.5. The Morgan fingerprint density at radius 1 is 1.10 bits per heavy atom. The van der Waals surface area contributed by atoms with E-state index in [1.54, 1.807) is 6.08 Å². The fourth-order valence-electron chi connectivity index (χ4n) is 2.26. The van der Waals surface area contributed by atoms with Crippen LogP contribution in [0.2, 0.25) is 0 Å². The van der Waals surface area contributed by atoms with Crippen LogP contribution in [0.5, 0.6) is 5.75 Å². The Morgan fingerprint density at radius 3 is 2.60 bits per heavy atom. The normalized spacial score (nSPS) is 10.9. The lowest BCUT2D eigenvalue weighted by Gasteiger charge is -2.07. The van der Waals surface area contributed by atoms with Gasteiger partial charge >= 0.3 is 0 Å². The van der Waals surface area contributed by atoms with Gasteiger partial charge in [0.25, 0.3) is 0 Å². The molecule has 3 rings (SSSR count). The first-order valence-electron chi connectivity index (χ1n) is 6.38. The number of hydrogen-bond acceptors (Lipinski definition) is 3. The van der Waals surface area contributed by atoms with E-state index >= 15 is 0 Å². The molecule has 0 bridgehead atoms. The SMILES string of the molecule is C=Cc1ccc2nn(-c3cc(C)cc(C)c3O)nc2c1.